The Morgan fingerprint density at radius 2 is 1.78 bits per heavy atom. The highest BCUT2D eigenvalue weighted by Gasteiger charge is 2.33. The number of benzene rings is 2. The first kappa shape index (κ1) is 29.1. The van der Waals surface area contributed by atoms with Gasteiger partial charge >= 0.3 is 5.97 Å². The smallest absolute Gasteiger partial charge is 0.338 e. The molecule has 41 heavy (non-hydrogen) atoms. The number of allylic oxidation sites excluding steroid dienone is 1. The van der Waals surface area contributed by atoms with Crippen LogP contribution in [0.3, 0.4) is 0 Å². The molecule has 7 nitrogen and oxygen atoms in total. The van der Waals surface area contributed by atoms with E-state index in [1.54, 1.807) is 18.4 Å². The molecule has 2 aromatic carbocycles. The molecule has 0 saturated carbocycles. The summed E-state index contributed by atoms with van der Waals surface area (Å²) in [5.74, 6) is 0.249. The average Bonchev–Trinajstić information content (AvgIpc) is 3.39. The van der Waals surface area contributed by atoms with E-state index in [0.29, 0.717) is 27.2 Å². The van der Waals surface area contributed by atoms with Crippen molar-refractivity contribution in [3.8, 4) is 11.4 Å². The summed E-state index contributed by atoms with van der Waals surface area (Å²) in [6.45, 7) is 12.5. The fourth-order valence-electron chi connectivity index (χ4n) is 5.21. The number of aryl methyl sites for hydroxylation is 2. The Kier molecular flexibility index (Phi) is 8.37. The topological polar surface area (TPSA) is 74.8 Å². The Morgan fingerprint density at radius 3 is 2.44 bits per heavy atom. The van der Waals surface area contributed by atoms with Crippen LogP contribution in [0.1, 0.15) is 54.9 Å². The molecule has 0 spiro atoms. The Morgan fingerprint density at radius 1 is 1.05 bits per heavy atom. The standard InChI is InChI=1S/C32H32IN3O4S/c1-7-39-25-13-10-22(11-14-25)29-28(31(38)40-8-2)20(5)34-32-36(29)30(37)27(41-32)16-23-15-19(4)35(21(23)6)24-12-9-18(3)26(33)17-24/h9-17,29H,7-8H2,1-6H3/b27-16-/t29-/m0/s1. The molecule has 0 N–H and O–H groups in total. The largest absolute Gasteiger partial charge is 0.494 e. The number of halogens is 1. The summed E-state index contributed by atoms with van der Waals surface area (Å²) in [6, 6.07) is 15.3. The minimum Gasteiger partial charge on any atom is -0.494 e. The van der Waals surface area contributed by atoms with Gasteiger partial charge in [0.15, 0.2) is 4.80 Å². The van der Waals surface area contributed by atoms with Crippen molar-refractivity contribution in [3.05, 3.63) is 111 Å². The van der Waals surface area contributed by atoms with Crippen LogP contribution in [-0.2, 0) is 9.53 Å². The maximum absolute atomic E-state index is 14.0. The Balaban J connectivity index is 1.66. The maximum atomic E-state index is 14.0. The van der Waals surface area contributed by atoms with E-state index in [1.807, 2.05) is 37.3 Å². The van der Waals surface area contributed by atoms with Crippen molar-refractivity contribution in [2.24, 2.45) is 4.99 Å². The van der Waals surface area contributed by atoms with Gasteiger partial charge in [0.25, 0.3) is 5.56 Å². The number of thiazole rings is 1. The molecule has 4 aromatic rings. The monoisotopic (exact) mass is 681 g/mol. The summed E-state index contributed by atoms with van der Waals surface area (Å²) in [5, 5.41) is 0. The molecule has 0 unspecified atom stereocenters. The second kappa shape index (κ2) is 11.8. The van der Waals surface area contributed by atoms with Gasteiger partial charge in [-0.3, -0.25) is 9.36 Å². The molecule has 1 atom stereocenters. The van der Waals surface area contributed by atoms with E-state index in [0.717, 1.165) is 34.0 Å². The van der Waals surface area contributed by atoms with Gasteiger partial charge in [-0.25, -0.2) is 9.79 Å². The van der Waals surface area contributed by atoms with Crippen LogP contribution in [0.4, 0.5) is 0 Å². The molecule has 1 aliphatic heterocycles. The molecule has 1 aliphatic rings. The van der Waals surface area contributed by atoms with Gasteiger partial charge < -0.3 is 14.0 Å². The van der Waals surface area contributed by atoms with Gasteiger partial charge in [0.05, 0.1) is 35.1 Å². The first-order chi connectivity index (χ1) is 19.6. The number of fused-ring (bicyclic) bond motifs is 1. The number of rotatable bonds is 7. The minimum atomic E-state index is -0.662. The number of hydrogen-bond acceptors (Lipinski definition) is 6. The second-order valence-corrected chi connectivity index (χ2v) is 12.1. The number of hydrogen-bond donors (Lipinski definition) is 0. The van der Waals surface area contributed by atoms with E-state index in [-0.39, 0.29) is 12.2 Å². The SMILES string of the molecule is CCOC(=O)C1=C(C)N=c2s/c(=C\c3cc(C)n(-c4ccc(C)c(I)c4)c3C)c(=O)n2[C@H]1c1ccc(OCC)cc1. The maximum Gasteiger partial charge on any atom is 0.338 e. The average molecular weight is 682 g/mol. The molecular weight excluding hydrogens is 649 g/mol. The summed E-state index contributed by atoms with van der Waals surface area (Å²) in [5.41, 5.74) is 6.89. The third-order valence-electron chi connectivity index (χ3n) is 7.19. The lowest BCUT2D eigenvalue weighted by Crippen LogP contribution is -2.39. The predicted molar refractivity (Wildman–Crippen MR) is 171 cm³/mol. The molecule has 212 valence electrons. The summed E-state index contributed by atoms with van der Waals surface area (Å²) >= 11 is 3.69. The summed E-state index contributed by atoms with van der Waals surface area (Å²) in [4.78, 5) is 32.4. The van der Waals surface area contributed by atoms with Crippen molar-refractivity contribution in [3.63, 3.8) is 0 Å². The van der Waals surface area contributed by atoms with E-state index in [9.17, 15) is 9.59 Å². The Labute approximate surface area is 256 Å². The Hall–Kier alpha value is -3.44. The van der Waals surface area contributed by atoms with Crippen LogP contribution in [0.2, 0.25) is 0 Å². The molecule has 0 amide bonds. The minimum absolute atomic E-state index is 0.198. The van der Waals surface area contributed by atoms with Gasteiger partial charge in [0, 0.05) is 20.6 Å². The number of aromatic nitrogens is 2. The first-order valence-electron chi connectivity index (χ1n) is 13.5. The lowest BCUT2D eigenvalue weighted by molar-refractivity contribution is -0.139. The number of ether oxygens (including phenoxy) is 2. The van der Waals surface area contributed by atoms with Crippen molar-refractivity contribution >= 4 is 46.0 Å². The molecule has 5 rings (SSSR count). The quantitative estimate of drug-likeness (QED) is 0.190. The van der Waals surface area contributed by atoms with E-state index in [2.05, 4.69) is 72.2 Å². The Bertz CT molecular complexity index is 1860. The summed E-state index contributed by atoms with van der Waals surface area (Å²) in [7, 11) is 0. The van der Waals surface area contributed by atoms with Gasteiger partial charge in [0.1, 0.15) is 5.75 Å². The van der Waals surface area contributed by atoms with Gasteiger partial charge in [-0.15, -0.1) is 0 Å². The molecule has 0 bridgehead atoms. The lowest BCUT2D eigenvalue weighted by atomic mass is 9.96. The van der Waals surface area contributed by atoms with Gasteiger partial charge in [-0.2, -0.15) is 0 Å². The van der Waals surface area contributed by atoms with Crippen LogP contribution >= 0.6 is 33.9 Å². The van der Waals surface area contributed by atoms with E-state index >= 15 is 0 Å². The molecule has 0 saturated heterocycles. The zero-order valence-electron chi connectivity index (χ0n) is 23.9. The van der Waals surface area contributed by atoms with Crippen LogP contribution < -0.4 is 19.6 Å². The second-order valence-electron chi connectivity index (χ2n) is 9.90. The lowest BCUT2D eigenvalue weighted by Gasteiger charge is -2.24. The number of carbonyl (C=O) groups is 1. The zero-order chi connectivity index (χ0) is 29.4. The molecule has 0 aliphatic carbocycles. The van der Waals surface area contributed by atoms with Crippen molar-refractivity contribution in [1.29, 1.82) is 0 Å². The number of esters is 1. The molecule has 9 heteroatoms. The third kappa shape index (κ3) is 5.44. The van der Waals surface area contributed by atoms with Crippen LogP contribution in [0.15, 0.2) is 69.6 Å². The highest BCUT2D eigenvalue weighted by Crippen LogP contribution is 2.32. The zero-order valence-corrected chi connectivity index (χ0v) is 26.9. The van der Waals surface area contributed by atoms with Crippen LogP contribution in [-0.4, -0.2) is 28.3 Å². The third-order valence-corrected chi connectivity index (χ3v) is 9.34. The summed E-state index contributed by atoms with van der Waals surface area (Å²) in [6.07, 6.45) is 1.93. The normalized spacial score (nSPS) is 15.1. The van der Waals surface area contributed by atoms with Crippen LogP contribution in [0.5, 0.6) is 5.75 Å². The van der Waals surface area contributed by atoms with Gasteiger partial charge in [0.2, 0.25) is 0 Å². The molecule has 0 fully saturated rings. The van der Waals surface area contributed by atoms with E-state index in [4.69, 9.17) is 14.5 Å². The highest BCUT2D eigenvalue weighted by atomic mass is 127. The van der Waals surface area contributed by atoms with Crippen LogP contribution in [0.25, 0.3) is 11.8 Å². The fourth-order valence-corrected chi connectivity index (χ4v) is 6.75. The van der Waals surface area contributed by atoms with Crippen molar-refractivity contribution in [2.45, 2.75) is 47.6 Å². The molecule has 2 aromatic heterocycles. The first-order valence-corrected chi connectivity index (χ1v) is 15.4. The predicted octanol–water partition coefficient (Wildman–Crippen LogP) is 5.52. The molecule has 0 radical (unpaired) electrons. The summed E-state index contributed by atoms with van der Waals surface area (Å²) < 4.78 is 16.6. The molecule has 3 heterocycles. The van der Waals surface area contributed by atoms with Gasteiger partial charge in [-0.05, 0) is 117 Å². The van der Waals surface area contributed by atoms with Crippen molar-refractivity contribution in [2.75, 3.05) is 13.2 Å². The highest BCUT2D eigenvalue weighted by molar-refractivity contribution is 14.1. The van der Waals surface area contributed by atoms with Gasteiger partial charge in [-0.1, -0.05) is 29.5 Å². The fraction of sp³-hybridized carbons (Fsp3) is 0.281. The number of carbonyl (C=O) groups excluding carboxylic acids is 1. The van der Waals surface area contributed by atoms with E-state index in [1.165, 1.54) is 20.5 Å². The molecular formula is C32H32IN3O4S. The van der Waals surface area contributed by atoms with Crippen molar-refractivity contribution in [1.82, 2.24) is 9.13 Å². The van der Waals surface area contributed by atoms with E-state index < -0.39 is 12.0 Å². The number of nitrogens with zero attached hydrogens (tertiary/aromatic N) is 3. The van der Waals surface area contributed by atoms with Crippen LogP contribution in [0, 0.1) is 24.3 Å². The van der Waals surface area contributed by atoms with Crippen molar-refractivity contribution < 1.29 is 14.3 Å².